The predicted molar refractivity (Wildman–Crippen MR) is 128 cm³/mol. The second-order valence-corrected chi connectivity index (χ2v) is 8.47. The van der Waals surface area contributed by atoms with E-state index < -0.39 is 11.6 Å². The summed E-state index contributed by atoms with van der Waals surface area (Å²) in [5, 5.41) is -0.0594. The van der Waals surface area contributed by atoms with Crippen molar-refractivity contribution in [3.63, 3.8) is 0 Å². The van der Waals surface area contributed by atoms with Gasteiger partial charge in [0.05, 0.1) is 30.0 Å². The molecule has 31 heavy (non-hydrogen) atoms. The normalized spacial score (nSPS) is 17.3. The van der Waals surface area contributed by atoms with E-state index in [4.69, 9.17) is 17.3 Å². The Morgan fingerprint density at radius 2 is 2.10 bits per heavy atom. The molecule has 3 rings (SSSR count). The molecule has 162 valence electrons. The van der Waals surface area contributed by atoms with Crippen LogP contribution in [0.5, 0.6) is 0 Å². The average molecular weight is 461 g/mol. The monoisotopic (exact) mass is 460 g/mol. The molecule has 0 heterocycles. The Balaban J connectivity index is 1.97. The molecule has 0 spiro atoms. The smallest absolute Gasteiger partial charge is 0.147 e. The SMILES string of the molecule is CC(c1ccccc1CN=CN=CN)N(SC1=CCC(Cl)C=C1)c1cc(F)ccc1F. The summed E-state index contributed by atoms with van der Waals surface area (Å²) in [6.45, 7) is 2.34. The Hall–Kier alpha value is -2.64. The molecule has 2 aromatic carbocycles. The zero-order valence-corrected chi connectivity index (χ0v) is 18.5. The lowest BCUT2D eigenvalue weighted by molar-refractivity contribution is 0.596. The Kier molecular flexibility index (Phi) is 8.26. The number of allylic oxidation sites excluding steroid dienone is 3. The molecule has 0 fully saturated rings. The molecular formula is C23H23ClF2N4S. The van der Waals surface area contributed by atoms with E-state index in [1.54, 1.807) is 4.31 Å². The van der Waals surface area contributed by atoms with Gasteiger partial charge in [-0.25, -0.2) is 13.8 Å². The van der Waals surface area contributed by atoms with Gasteiger partial charge in [0, 0.05) is 11.0 Å². The van der Waals surface area contributed by atoms with Gasteiger partial charge in [-0.15, -0.1) is 11.6 Å². The van der Waals surface area contributed by atoms with Crippen molar-refractivity contribution in [3.8, 4) is 0 Å². The standard InChI is InChI=1S/C23H23ClF2N4S/c1-16(21-5-3-2-4-17(21)13-28-15-29-14-27)30(23-12-19(25)8-11-22(23)26)31-20-9-6-18(24)7-10-20/h2-6,8-12,14-16,18H,7,13H2,1H3,(H2,27,28,29). The Morgan fingerprint density at radius 1 is 1.29 bits per heavy atom. The third-order valence-corrected chi connectivity index (χ3v) is 6.26. The highest BCUT2D eigenvalue weighted by atomic mass is 35.5. The fourth-order valence-corrected chi connectivity index (χ4v) is 4.39. The number of benzene rings is 2. The van der Waals surface area contributed by atoms with Crippen molar-refractivity contribution in [1.29, 1.82) is 0 Å². The van der Waals surface area contributed by atoms with Crippen LogP contribution in [-0.4, -0.2) is 18.1 Å². The number of alkyl halides is 1. The molecule has 0 aromatic heterocycles. The molecule has 1 aliphatic carbocycles. The van der Waals surface area contributed by atoms with Crippen molar-refractivity contribution in [2.75, 3.05) is 4.31 Å². The molecule has 0 radical (unpaired) electrons. The van der Waals surface area contributed by atoms with E-state index in [0.29, 0.717) is 13.0 Å². The van der Waals surface area contributed by atoms with Gasteiger partial charge in [0.1, 0.15) is 18.0 Å². The molecular weight excluding hydrogens is 438 g/mol. The maximum Gasteiger partial charge on any atom is 0.147 e. The first-order chi connectivity index (χ1) is 15.0. The summed E-state index contributed by atoms with van der Waals surface area (Å²) in [5.41, 5.74) is 7.31. The number of nitrogens with two attached hydrogens (primary N) is 1. The highest BCUT2D eigenvalue weighted by Crippen LogP contribution is 2.40. The maximum atomic E-state index is 14.8. The number of hydrogen-bond donors (Lipinski definition) is 1. The molecule has 0 amide bonds. The molecule has 8 heteroatoms. The Bertz CT molecular complexity index is 1020. The van der Waals surface area contributed by atoms with Crippen LogP contribution in [0.15, 0.2) is 75.6 Å². The van der Waals surface area contributed by atoms with Crippen LogP contribution < -0.4 is 10.0 Å². The van der Waals surface area contributed by atoms with Crippen molar-refractivity contribution in [2.24, 2.45) is 15.7 Å². The molecule has 2 N–H and O–H groups in total. The van der Waals surface area contributed by atoms with Gasteiger partial charge in [-0.2, -0.15) is 0 Å². The number of halogens is 3. The van der Waals surface area contributed by atoms with Crippen molar-refractivity contribution in [2.45, 2.75) is 31.3 Å². The van der Waals surface area contributed by atoms with Crippen LogP contribution in [0.1, 0.15) is 30.5 Å². The van der Waals surface area contributed by atoms with E-state index in [9.17, 15) is 8.78 Å². The van der Waals surface area contributed by atoms with Crippen LogP contribution in [0.3, 0.4) is 0 Å². The van der Waals surface area contributed by atoms with E-state index in [-0.39, 0.29) is 17.1 Å². The first kappa shape index (κ1) is 23.0. The zero-order valence-electron chi connectivity index (χ0n) is 17.0. The van der Waals surface area contributed by atoms with Crippen molar-refractivity contribution in [3.05, 3.63) is 88.4 Å². The maximum absolute atomic E-state index is 14.8. The topological polar surface area (TPSA) is 54.0 Å². The first-order valence-corrected chi connectivity index (χ1v) is 10.9. The molecule has 2 aromatic rings. The summed E-state index contributed by atoms with van der Waals surface area (Å²) in [4.78, 5) is 8.96. The van der Waals surface area contributed by atoms with Gasteiger partial charge in [-0.1, -0.05) is 36.4 Å². The molecule has 0 saturated carbocycles. The molecule has 0 saturated heterocycles. The van der Waals surface area contributed by atoms with Gasteiger partial charge in [0.25, 0.3) is 0 Å². The van der Waals surface area contributed by atoms with E-state index in [2.05, 4.69) is 9.98 Å². The second-order valence-electron chi connectivity index (χ2n) is 6.86. The van der Waals surface area contributed by atoms with Crippen molar-refractivity contribution in [1.82, 2.24) is 0 Å². The van der Waals surface area contributed by atoms with E-state index in [1.165, 1.54) is 30.7 Å². The first-order valence-electron chi connectivity index (χ1n) is 9.73. The minimum absolute atomic E-state index is 0.0594. The van der Waals surface area contributed by atoms with Crippen LogP contribution >= 0.6 is 23.5 Å². The molecule has 4 nitrogen and oxygen atoms in total. The molecule has 2 unspecified atom stereocenters. The van der Waals surface area contributed by atoms with Gasteiger partial charge in [-0.3, -0.25) is 4.99 Å². The fraction of sp³-hybridized carbons (Fsp3) is 0.217. The molecule has 0 aliphatic heterocycles. The number of nitrogens with zero attached hydrogens (tertiary/aromatic N) is 3. The summed E-state index contributed by atoms with van der Waals surface area (Å²) < 4.78 is 30.6. The number of hydrogen-bond acceptors (Lipinski definition) is 3. The van der Waals surface area contributed by atoms with Crippen LogP contribution in [0, 0.1) is 11.6 Å². The number of anilines is 1. The van der Waals surface area contributed by atoms with Crippen molar-refractivity contribution >= 4 is 41.9 Å². The lowest BCUT2D eigenvalue weighted by atomic mass is 10.0. The lowest BCUT2D eigenvalue weighted by Gasteiger charge is -2.32. The summed E-state index contributed by atoms with van der Waals surface area (Å²) >= 11 is 7.49. The van der Waals surface area contributed by atoms with Crippen LogP contribution in [0.25, 0.3) is 0 Å². The highest BCUT2D eigenvalue weighted by Gasteiger charge is 2.24. The fourth-order valence-electron chi connectivity index (χ4n) is 3.18. The van der Waals surface area contributed by atoms with E-state index in [0.717, 1.165) is 28.2 Å². The average Bonchev–Trinajstić information content (AvgIpc) is 2.78. The molecule has 2 atom stereocenters. The molecule has 0 bridgehead atoms. The van der Waals surface area contributed by atoms with Gasteiger partial charge in [-0.05, 0) is 54.6 Å². The van der Waals surface area contributed by atoms with Crippen LogP contribution in [-0.2, 0) is 6.54 Å². The number of rotatable bonds is 8. The Morgan fingerprint density at radius 3 is 2.84 bits per heavy atom. The summed E-state index contributed by atoms with van der Waals surface area (Å²) in [7, 11) is 0. The summed E-state index contributed by atoms with van der Waals surface area (Å²) in [6.07, 6.45) is 9.04. The predicted octanol–water partition coefficient (Wildman–Crippen LogP) is 6.15. The Labute approximate surface area is 190 Å². The van der Waals surface area contributed by atoms with Crippen molar-refractivity contribution < 1.29 is 8.78 Å². The third-order valence-electron chi connectivity index (χ3n) is 4.72. The minimum Gasteiger partial charge on any atom is -0.390 e. The molecule has 1 aliphatic rings. The number of aliphatic imine (C=N–C) groups is 2. The van der Waals surface area contributed by atoms with E-state index >= 15 is 0 Å². The second kappa shape index (κ2) is 11.1. The lowest BCUT2D eigenvalue weighted by Crippen LogP contribution is -2.22. The minimum atomic E-state index is -0.499. The summed E-state index contributed by atoms with van der Waals surface area (Å²) in [6, 6.07) is 10.9. The van der Waals surface area contributed by atoms with Gasteiger partial charge in [0.2, 0.25) is 0 Å². The van der Waals surface area contributed by atoms with Crippen LogP contribution in [0.4, 0.5) is 14.5 Å². The summed E-state index contributed by atoms with van der Waals surface area (Å²) in [5.74, 6) is -0.995. The largest absolute Gasteiger partial charge is 0.390 e. The van der Waals surface area contributed by atoms with E-state index in [1.807, 2.05) is 49.4 Å². The highest BCUT2D eigenvalue weighted by molar-refractivity contribution is 8.04. The van der Waals surface area contributed by atoms with Crippen LogP contribution in [0.2, 0.25) is 0 Å². The van der Waals surface area contributed by atoms with Gasteiger partial charge in [0.15, 0.2) is 0 Å². The van der Waals surface area contributed by atoms with Gasteiger partial charge >= 0.3 is 0 Å². The van der Waals surface area contributed by atoms with Gasteiger partial charge < -0.3 is 10.0 Å². The zero-order chi connectivity index (χ0) is 22.2. The quantitative estimate of drug-likeness (QED) is 0.222. The third kappa shape index (κ3) is 6.18.